The van der Waals surface area contributed by atoms with E-state index in [1.807, 2.05) is 49.5 Å². The number of rotatable bonds is 6. The SMILES string of the molecule is COc1ccccc1-c1nnc(CN(C)Cc2ccccc2)o1. The molecule has 0 aliphatic carbocycles. The molecule has 118 valence electrons. The van der Waals surface area contributed by atoms with Gasteiger partial charge in [-0.2, -0.15) is 0 Å². The van der Waals surface area contributed by atoms with Gasteiger partial charge in [0.15, 0.2) is 0 Å². The van der Waals surface area contributed by atoms with E-state index in [-0.39, 0.29) is 0 Å². The molecule has 0 fully saturated rings. The van der Waals surface area contributed by atoms with Gasteiger partial charge in [-0.05, 0) is 24.7 Å². The molecule has 0 aliphatic heterocycles. The zero-order chi connectivity index (χ0) is 16.1. The van der Waals surface area contributed by atoms with E-state index in [2.05, 4.69) is 27.2 Å². The molecule has 1 aromatic heterocycles. The first-order valence-electron chi connectivity index (χ1n) is 7.44. The van der Waals surface area contributed by atoms with E-state index in [1.54, 1.807) is 7.11 Å². The molecule has 0 saturated carbocycles. The lowest BCUT2D eigenvalue weighted by Gasteiger charge is -2.13. The van der Waals surface area contributed by atoms with Crippen molar-refractivity contribution in [2.45, 2.75) is 13.1 Å². The second kappa shape index (κ2) is 7.07. The van der Waals surface area contributed by atoms with Crippen LogP contribution in [0.15, 0.2) is 59.0 Å². The Labute approximate surface area is 135 Å². The van der Waals surface area contributed by atoms with Crippen molar-refractivity contribution in [2.24, 2.45) is 0 Å². The summed E-state index contributed by atoms with van der Waals surface area (Å²) in [6.45, 7) is 1.42. The summed E-state index contributed by atoms with van der Waals surface area (Å²) in [5.74, 6) is 1.79. The van der Waals surface area contributed by atoms with Crippen molar-refractivity contribution >= 4 is 0 Å². The van der Waals surface area contributed by atoms with E-state index in [9.17, 15) is 0 Å². The highest BCUT2D eigenvalue weighted by Gasteiger charge is 2.14. The van der Waals surface area contributed by atoms with Crippen LogP contribution in [0.4, 0.5) is 0 Å². The third-order valence-electron chi connectivity index (χ3n) is 3.50. The number of ether oxygens (including phenoxy) is 1. The van der Waals surface area contributed by atoms with Crippen LogP contribution in [0, 0.1) is 0 Å². The van der Waals surface area contributed by atoms with Crippen molar-refractivity contribution in [3.8, 4) is 17.2 Å². The van der Waals surface area contributed by atoms with Crippen molar-refractivity contribution < 1.29 is 9.15 Å². The van der Waals surface area contributed by atoms with Crippen LogP contribution in [0.3, 0.4) is 0 Å². The molecule has 5 heteroatoms. The molecule has 3 rings (SSSR count). The fraction of sp³-hybridized carbons (Fsp3) is 0.222. The lowest BCUT2D eigenvalue weighted by atomic mass is 10.2. The van der Waals surface area contributed by atoms with E-state index in [0.29, 0.717) is 18.3 Å². The minimum Gasteiger partial charge on any atom is -0.496 e. The van der Waals surface area contributed by atoms with Crippen LogP contribution in [0.2, 0.25) is 0 Å². The summed E-state index contributed by atoms with van der Waals surface area (Å²) in [4.78, 5) is 2.13. The number of aromatic nitrogens is 2. The summed E-state index contributed by atoms with van der Waals surface area (Å²) in [6, 6.07) is 17.9. The highest BCUT2D eigenvalue weighted by Crippen LogP contribution is 2.28. The molecule has 5 nitrogen and oxygen atoms in total. The number of hydrogen-bond acceptors (Lipinski definition) is 5. The molecule has 23 heavy (non-hydrogen) atoms. The minimum absolute atomic E-state index is 0.477. The van der Waals surface area contributed by atoms with E-state index in [0.717, 1.165) is 17.9 Å². The van der Waals surface area contributed by atoms with Gasteiger partial charge in [-0.15, -0.1) is 10.2 Å². The van der Waals surface area contributed by atoms with Crippen molar-refractivity contribution in [2.75, 3.05) is 14.2 Å². The number of hydrogen-bond donors (Lipinski definition) is 0. The van der Waals surface area contributed by atoms with Gasteiger partial charge < -0.3 is 9.15 Å². The molecule has 2 aromatic carbocycles. The highest BCUT2D eigenvalue weighted by atomic mass is 16.5. The maximum Gasteiger partial charge on any atom is 0.251 e. The number of methoxy groups -OCH3 is 1. The van der Waals surface area contributed by atoms with Crippen molar-refractivity contribution in [3.63, 3.8) is 0 Å². The monoisotopic (exact) mass is 309 g/mol. The first-order chi connectivity index (χ1) is 11.3. The number of benzene rings is 2. The molecular weight excluding hydrogens is 290 g/mol. The fourth-order valence-electron chi connectivity index (χ4n) is 2.43. The predicted octanol–water partition coefficient (Wildman–Crippen LogP) is 3.38. The van der Waals surface area contributed by atoms with Gasteiger partial charge in [-0.1, -0.05) is 42.5 Å². The Morgan fingerprint density at radius 2 is 1.70 bits per heavy atom. The van der Waals surface area contributed by atoms with Crippen LogP contribution in [-0.2, 0) is 13.1 Å². The first kappa shape index (κ1) is 15.2. The van der Waals surface area contributed by atoms with Crippen molar-refractivity contribution in [1.29, 1.82) is 0 Å². The van der Waals surface area contributed by atoms with Gasteiger partial charge in [-0.25, -0.2) is 0 Å². The Morgan fingerprint density at radius 1 is 0.957 bits per heavy atom. The van der Waals surface area contributed by atoms with Crippen molar-refractivity contribution in [3.05, 3.63) is 66.1 Å². The zero-order valence-corrected chi connectivity index (χ0v) is 13.3. The smallest absolute Gasteiger partial charge is 0.251 e. The molecule has 0 saturated heterocycles. The van der Waals surface area contributed by atoms with Crippen LogP contribution in [0.25, 0.3) is 11.5 Å². The maximum atomic E-state index is 5.78. The van der Waals surface area contributed by atoms with Gasteiger partial charge >= 0.3 is 0 Å². The van der Waals surface area contributed by atoms with Crippen LogP contribution in [0.1, 0.15) is 11.5 Å². The van der Waals surface area contributed by atoms with Crippen LogP contribution in [0.5, 0.6) is 5.75 Å². The van der Waals surface area contributed by atoms with E-state index in [4.69, 9.17) is 9.15 Å². The molecule has 0 bridgehead atoms. The summed E-state index contributed by atoms with van der Waals surface area (Å²) >= 11 is 0. The molecule has 0 N–H and O–H groups in total. The second-order valence-corrected chi connectivity index (χ2v) is 5.36. The Kier molecular flexibility index (Phi) is 4.68. The summed E-state index contributed by atoms with van der Waals surface area (Å²) < 4.78 is 11.1. The molecule has 0 unspecified atom stereocenters. The highest BCUT2D eigenvalue weighted by molar-refractivity contribution is 5.62. The predicted molar refractivity (Wildman–Crippen MR) is 87.9 cm³/mol. The van der Waals surface area contributed by atoms with Gasteiger partial charge in [0.25, 0.3) is 5.89 Å². The molecule has 1 heterocycles. The lowest BCUT2D eigenvalue weighted by molar-refractivity contribution is 0.282. The first-order valence-corrected chi connectivity index (χ1v) is 7.44. The number of nitrogens with zero attached hydrogens (tertiary/aromatic N) is 3. The average Bonchev–Trinajstić information content (AvgIpc) is 3.03. The third-order valence-corrected chi connectivity index (χ3v) is 3.50. The van der Waals surface area contributed by atoms with Gasteiger partial charge in [-0.3, -0.25) is 4.90 Å². The summed E-state index contributed by atoms with van der Waals surface area (Å²) in [5.41, 5.74) is 2.05. The van der Waals surface area contributed by atoms with Gasteiger partial charge in [0.1, 0.15) is 5.75 Å². The standard InChI is InChI=1S/C18H19N3O2/c1-21(12-14-8-4-3-5-9-14)13-17-19-20-18(23-17)15-10-6-7-11-16(15)22-2/h3-11H,12-13H2,1-2H3. The second-order valence-electron chi connectivity index (χ2n) is 5.36. The normalized spacial score (nSPS) is 10.9. The number of para-hydroxylation sites is 1. The van der Waals surface area contributed by atoms with Gasteiger partial charge in [0.2, 0.25) is 5.89 Å². The van der Waals surface area contributed by atoms with Crippen LogP contribution in [-0.4, -0.2) is 29.3 Å². The average molecular weight is 309 g/mol. The molecule has 0 radical (unpaired) electrons. The lowest BCUT2D eigenvalue weighted by Crippen LogP contribution is -2.17. The topological polar surface area (TPSA) is 51.4 Å². The summed E-state index contributed by atoms with van der Waals surface area (Å²) in [6.07, 6.45) is 0. The largest absolute Gasteiger partial charge is 0.496 e. The fourth-order valence-corrected chi connectivity index (χ4v) is 2.43. The maximum absolute atomic E-state index is 5.78. The molecular formula is C18H19N3O2. The van der Waals surface area contributed by atoms with Crippen LogP contribution >= 0.6 is 0 Å². The molecule has 0 spiro atoms. The van der Waals surface area contributed by atoms with Gasteiger partial charge in [0, 0.05) is 6.54 Å². The van der Waals surface area contributed by atoms with E-state index >= 15 is 0 Å². The molecule has 0 amide bonds. The Bertz CT molecular complexity index is 756. The van der Waals surface area contributed by atoms with Crippen molar-refractivity contribution in [1.82, 2.24) is 15.1 Å². The summed E-state index contributed by atoms with van der Waals surface area (Å²) in [7, 11) is 3.66. The Morgan fingerprint density at radius 3 is 2.48 bits per heavy atom. The molecule has 3 aromatic rings. The third kappa shape index (κ3) is 3.76. The van der Waals surface area contributed by atoms with E-state index in [1.165, 1.54) is 5.56 Å². The minimum atomic E-state index is 0.477. The summed E-state index contributed by atoms with van der Waals surface area (Å²) in [5, 5.41) is 8.27. The molecule has 0 aliphatic rings. The Hall–Kier alpha value is -2.66. The molecule has 0 atom stereocenters. The zero-order valence-electron chi connectivity index (χ0n) is 13.3. The van der Waals surface area contributed by atoms with Crippen LogP contribution < -0.4 is 4.74 Å². The van der Waals surface area contributed by atoms with Gasteiger partial charge in [0.05, 0.1) is 19.2 Å². The Balaban J connectivity index is 1.70. The van der Waals surface area contributed by atoms with E-state index < -0.39 is 0 Å². The quantitative estimate of drug-likeness (QED) is 0.698.